The predicted octanol–water partition coefficient (Wildman–Crippen LogP) is 4.54. The Morgan fingerprint density at radius 3 is 2.45 bits per heavy atom. The van der Waals surface area contributed by atoms with Gasteiger partial charge in [0.25, 0.3) is 11.8 Å². The Hall–Kier alpha value is -2.91. The number of nitrogens with one attached hydrogen (secondary N) is 2. The number of carbonyl (C=O) groups is 3. The summed E-state index contributed by atoms with van der Waals surface area (Å²) in [5.74, 6) is -1.63. The molecular formula is C23H22ClFN4O3S. The summed E-state index contributed by atoms with van der Waals surface area (Å²) in [6.07, 6.45) is 3.39. The van der Waals surface area contributed by atoms with Gasteiger partial charge >= 0.3 is 0 Å². The van der Waals surface area contributed by atoms with Crippen molar-refractivity contribution in [3.05, 3.63) is 58.9 Å². The summed E-state index contributed by atoms with van der Waals surface area (Å²) in [5.41, 5.74) is 1.12. The number of hydrogen-bond donors (Lipinski definition) is 2. The van der Waals surface area contributed by atoms with Gasteiger partial charge in [0.1, 0.15) is 11.1 Å². The SMILES string of the molecule is O=C(CC1SC(N2CCCCC2)=NC1=O)Nc1ccc(C(=O)Nc2ccc(Cl)c(F)c2)cc1. The Labute approximate surface area is 199 Å². The second kappa shape index (κ2) is 10.4. The van der Waals surface area contributed by atoms with E-state index in [-0.39, 0.29) is 28.9 Å². The summed E-state index contributed by atoms with van der Waals surface area (Å²) >= 11 is 7.00. The number of carbonyl (C=O) groups excluding carboxylic acids is 3. The summed E-state index contributed by atoms with van der Waals surface area (Å²) in [4.78, 5) is 43.3. The maximum absolute atomic E-state index is 13.5. The van der Waals surface area contributed by atoms with E-state index in [4.69, 9.17) is 11.6 Å². The number of rotatable bonds is 5. The van der Waals surface area contributed by atoms with E-state index >= 15 is 0 Å². The smallest absolute Gasteiger partial charge is 0.262 e. The quantitative estimate of drug-likeness (QED) is 0.644. The molecule has 10 heteroatoms. The van der Waals surface area contributed by atoms with Crippen LogP contribution in [-0.2, 0) is 9.59 Å². The Bertz CT molecular complexity index is 1100. The van der Waals surface area contributed by atoms with Crippen molar-refractivity contribution in [2.75, 3.05) is 23.7 Å². The van der Waals surface area contributed by atoms with E-state index in [0.29, 0.717) is 16.4 Å². The van der Waals surface area contributed by atoms with Crippen molar-refractivity contribution in [2.24, 2.45) is 4.99 Å². The summed E-state index contributed by atoms with van der Waals surface area (Å²) in [6, 6.07) is 10.3. The van der Waals surface area contributed by atoms with Crippen molar-refractivity contribution in [1.82, 2.24) is 4.90 Å². The van der Waals surface area contributed by atoms with Gasteiger partial charge in [-0.1, -0.05) is 23.4 Å². The van der Waals surface area contributed by atoms with Crippen molar-refractivity contribution in [3.63, 3.8) is 0 Å². The van der Waals surface area contributed by atoms with E-state index in [0.717, 1.165) is 32.0 Å². The van der Waals surface area contributed by atoms with Crippen LogP contribution in [-0.4, -0.2) is 46.1 Å². The number of nitrogens with zero attached hydrogens (tertiary/aromatic N) is 2. The fraction of sp³-hybridized carbons (Fsp3) is 0.304. The highest BCUT2D eigenvalue weighted by Crippen LogP contribution is 2.29. The maximum Gasteiger partial charge on any atom is 0.262 e. The van der Waals surface area contributed by atoms with Gasteiger partial charge in [0.05, 0.1) is 5.02 Å². The minimum Gasteiger partial charge on any atom is -0.351 e. The number of amides is 3. The molecule has 1 unspecified atom stereocenters. The van der Waals surface area contributed by atoms with Crippen LogP contribution in [0, 0.1) is 5.82 Å². The van der Waals surface area contributed by atoms with Gasteiger partial charge in [-0.05, 0) is 61.7 Å². The lowest BCUT2D eigenvalue weighted by Crippen LogP contribution is -2.33. The van der Waals surface area contributed by atoms with Crippen LogP contribution in [0.25, 0.3) is 0 Å². The van der Waals surface area contributed by atoms with Gasteiger partial charge in [-0.25, -0.2) is 4.39 Å². The molecule has 0 bridgehead atoms. The van der Waals surface area contributed by atoms with Crippen LogP contribution in [0.3, 0.4) is 0 Å². The molecule has 0 saturated carbocycles. The number of anilines is 2. The molecule has 0 radical (unpaired) electrons. The zero-order valence-corrected chi connectivity index (χ0v) is 19.2. The Balaban J connectivity index is 1.28. The number of thioether (sulfide) groups is 1. The molecular weight excluding hydrogens is 467 g/mol. The minimum atomic E-state index is -0.625. The van der Waals surface area contributed by atoms with E-state index in [1.54, 1.807) is 24.3 Å². The van der Waals surface area contributed by atoms with Crippen LogP contribution in [0.15, 0.2) is 47.5 Å². The highest BCUT2D eigenvalue weighted by atomic mass is 35.5. The van der Waals surface area contributed by atoms with E-state index in [1.807, 2.05) is 0 Å². The molecule has 1 saturated heterocycles. The molecule has 0 spiro atoms. The molecule has 0 aromatic heterocycles. The lowest BCUT2D eigenvalue weighted by atomic mass is 10.1. The molecule has 2 heterocycles. The molecule has 2 N–H and O–H groups in total. The summed E-state index contributed by atoms with van der Waals surface area (Å²) < 4.78 is 13.5. The molecule has 2 aromatic rings. The first-order valence-electron chi connectivity index (χ1n) is 10.6. The largest absolute Gasteiger partial charge is 0.351 e. The zero-order chi connectivity index (χ0) is 23.4. The van der Waals surface area contributed by atoms with Crippen LogP contribution < -0.4 is 10.6 Å². The number of piperidine rings is 1. The second-order valence-corrected chi connectivity index (χ2v) is 9.38. The number of aliphatic imine (C=N–C) groups is 1. The van der Waals surface area contributed by atoms with Crippen LogP contribution in [0.4, 0.5) is 15.8 Å². The van der Waals surface area contributed by atoms with E-state index < -0.39 is 17.0 Å². The van der Waals surface area contributed by atoms with Gasteiger partial charge in [-0.2, -0.15) is 4.99 Å². The van der Waals surface area contributed by atoms with Gasteiger partial charge in [0, 0.05) is 36.4 Å². The van der Waals surface area contributed by atoms with Crippen LogP contribution >= 0.6 is 23.4 Å². The highest BCUT2D eigenvalue weighted by Gasteiger charge is 2.33. The van der Waals surface area contributed by atoms with E-state index in [1.165, 1.54) is 30.3 Å². The Kier molecular flexibility index (Phi) is 7.29. The van der Waals surface area contributed by atoms with Gasteiger partial charge in [0.2, 0.25) is 5.91 Å². The standard InChI is InChI=1S/C23H22ClFN4O3S/c24-17-9-8-16(12-18(17)25)27-21(31)14-4-6-15(7-5-14)26-20(30)13-19-22(32)28-23(33-19)29-10-2-1-3-11-29/h4-9,12,19H,1-3,10-11,13H2,(H,26,30)(H,27,31). The van der Waals surface area contributed by atoms with Gasteiger partial charge in [-0.15, -0.1) is 0 Å². The topological polar surface area (TPSA) is 90.9 Å². The Morgan fingerprint density at radius 2 is 1.76 bits per heavy atom. The van der Waals surface area contributed by atoms with Crippen molar-refractivity contribution >= 4 is 57.6 Å². The average Bonchev–Trinajstić information content (AvgIpc) is 3.17. The number of amidine groups is 1. The third-order valence-corrected chi connectivity index (χ3v) is 6.85. The molecule has 2 aliphatic heterocycles. The van der Waals surface area contributed by atoms with Crippen LogP contribution in [0.2, 0.25) is 5.02 Å². The first-order valence-corrected chi connectivity index (χ1v) is 11.9. The van der Waals surface area contributed by atoms with Crippen molar-refractivity contribution in [2.45, 2.75) is 30.9 Å². The molecule has 3 amide bonds. The fourth-order valence-corrected chi connectivity index (χ4v) is 4.83. The van der Waals surface area contributed by atoms with E-state index in [2.05, 4.69) is 20.5 Å². The molecule has 0 aliphatic carbocycles. The minimum absolute atomic E-state index is 0.0225. The number of halogens is 2. The predicted molar refractivity (Wildman–Crippen MR) is 128 cm³/mol. The first kappa shape index (κ1) is 23.3. The van der Waals surface area contributed by atoms with Gasteiger partial charge < -0.3 is 15.5 Å². The fourth-order valence-electron chi connectivity index (χ4n) is 3.59. The number of hydrogen-bond acceptors (Lipinski definition) is 5. The molecule has 7 nitrogen and oxygen atoms in total. The van der Waals surface area contributed by atoms with Crippen molar-refractivity contribution in [3.8, 4) is 0 Å². The van der Waals surface area contributed by atoms with Crippen molar-refractivity contribution in [1.29, 1.82) is 0 Å². The number of benzene rings is 2. The molecule has 1 fully saturated rings. The third kappa shape index (κ3) is 5.91. The highest BCUT2D eigenvalue weighted by molar-refractivity contribution is 8.15. The normalized spacial score (nSPS) is 18.1. The number of likely N-dealkylation sites (tertiary alicyclic amines) is 1. The monoisotopic (exact) mass is 488 g/mol. The summed E-state index contributed by atoms with van der Waals surface area (Å²) in [5, 5.41) is 5.50. The Morgan fingerprint density at radius 1 is 1.06 bits per heavy atom. The lowest BCUT2D eigenvalue weighted by molar-refractivity contribution is -0.121. The summed E-state index contributed by atoms with van der Waals surface area (Å²) in [7, 11) is 0. The summed E-state index contributed by atoms with van der Waals surface area (Å²) in [6.45, 7) is 1.79. The second-order valence-electron chi connectivity index (χ2n) is 7.80. The zero-order valence-electron chi connectivity index (χ0n) is 17.6. The average molecular weight is 489 g/mol. The first-order chi connectivity index (χ1) is 15.9. The van der Waals surface area contributed by atoms with Crippen LogP contribution in [0.1, 0.15) is 36.0 Å². The molecule has 4 rings (SSSR count). The van der Waals surface area contributed by atoms with Gasteiger partial charge in [0.15, 0.2) is 5.17 Å². The van der Waals surface area contributed by atoms with Gasteiger partial charge in [-0.3, -0.25) is 14.4 Å². The molecule has 172 valence electrons. The molecule has 2 aliphatic rings. The lowest BCUT2D eigenvalue weighted by Gasteiger charge is -2.27. The molecule has 1 atom stereocenters. The van der Waals surface area contributed by atoms with Crippen molar-refractivity contribution < 1.29 is 18.8 Å². The third-order valence-electron chi connectivity index (χ3n) is 5.33. The maximum atomic E-state index is 13.5. The van der Waals surface area contributed by atoms with Crippen LogP contribution in [0.5, 0.6) is 0 Å². The molecule has 2 aromatic carbocycles. The van der Waals surface area contributed by atoms with E-state index in [9.17, 15) is 18.8 Å². The molecule has 33 heavy (non-hydrogen) atoms.